The quantitative estimate of drug-likeness (QED) is 0.330. The molecule has 1 saturated heterocycles. The van der Waals surface area contributed by atoms with E-state index in [4.69, 9.17) is 9.72 Å². The minimum Gasteiger partial charge on any atom is -0.457 e. The number of ether oxygens (including phenoxy) is 1. The fourth-order valence-corrected chi connectivity index (χ4v) is 4.47. The Kier molecular flexibility index (Phi) is 6.19. The molecule has 0 spiro atoms. The van der Waals surface area contributed by atoms with Crippen molar-refractivity contribution in [3.63, 3.8) is 0 Å². The topological polar surface area (TPSA) is 114 Å². The molecule has 0 saturated carbocycles. The molecule has 0 atom stereocenters. The van der Waals surface area contributed by atoms with E-state index in [9.17, 15) is 4.79 Å². The normalized spacial score (nSPS) is 13.6. The summed E-state index contributed by atoms with van der Waals surface area (Å²) in [5.74, 6) is 1.43. The maximum atomic E-state index is 15.2. The number of hydrogen-bond donors (Lipinski definition) is 1. The number of rotatable bonds is 6. The number of pyridine rings is 2. The Balaban J connectivity index is 1.24. The molecule has 5 aromatic rings. The van der Waals surface area contributed by atoms with E-state index in [-0.39, 0.29) is 11.6 Å². The second-order valence-electron chi connectivity index (χ2n) is 9.03. The molecule has 1 fully saturated rings. The third-order valence-corrected chi connectivity index (χ3v) is 6.55. The number of fused-ring (bicyclic) bond motifs is 2. The van der Waals surface area contributed by atoms with Crippen molar-refractivity contribution < 1.29 is 13.9 Å². The summed E-state index contributed by atoms with van der Waals surface area (Å²) in [6.07, 6.45) is 5.91. The van der Waals surface area contributed by atoms with Crippen LogP contribution in [0.3, 0.4) is 0 Å². The first-order valence-electron chi connectivity index (χ1n) is 12.3. The number of carbonyl (C=O) groups is 1. The van der Waals surface area contributed by atoms with Gasteiger partial charge >= 0.3 is 0 Å². The van der Waals surface area contributed by atoms with Crippen molar-refractivity contribution in [3.05, 3.63) is 79.3 Å². The monoisotopic (exact) mass is 525 g/mol. The summed E-state index contributed by atoms with van der Waals surface area (Å²) >= 11 is 0. The van der Waals surface area contributed by atoms with Crippen molar-refractivity contribution in [3.8, 4) is 11.5 Å². The Bertz CT molecular complexity index is 1710. The van der Waals surface area contributed by atoms with Crippen LogP contribution in [0.1, 0.15) is 5.56 Å². The predicted octanol–water partition coefficient (Wildman–Crippen LogP) is 3.89. The third-order valence-electron chi connectivity index (χ3n) is 6.55. The molecule has 1 aromatic carbocycles. The molecule has 39 heavy (non-hydrogen) atoms. The van der Waals surface area contributed by atoms with Crippen LogP contribution in [0.5, 0.6) is 11.5 Å². The molecule has 1 aliphatic heterocycles. The fraction of sp³-hybridized carbons (Fsp3) is 0.185. The number of amides is 1. The Labute approximate surface area is 222 Å². The smallest absolute Gasteiger partial charge is 0.246 e. The highest BCUT2D eigenvalue weighted by atomic mass is 19.1. The summed E-state index contributed by atoms with van der Waals surface area (Å²) in [7, 11) is 0. The number of nitrogens with zero attached hydrogens (tertiary/aromatic N) is 8. The first kappa shape index (κ1) is 24.2. The van der Waals surface area contributed by atoms with Crippen LogP contribution in [0.2, 0.25) is 0 Å². The van der Waals surface area contributed by atoms with Crippen LogP contribution < -0.4 is 15.0 Å². The zero-order chi connectivity index (χ0) is 26.9. The second kappa shape index (κ2) is 9.97. The maximum absolute atomic E-state index is 15.2. The minimum atomic E-state index is -0.509. The van der Waals surface area contributed by atoms with Gasteiger partial charge in [-0.2, -0.15) is 5.10 Å². The van der Waals surface area contributed by atoms with E-state index < -0.39 is 5.82 Å². The highest BCUT2D eigenvalue weighted by molar-refractivity contribution is 5.89. The lowest BCUT2D eigenvalue weighted by Gasteiger charge is -2.35. The lowest BCUT2D eigenvalue weighted by molar-refractivity contribution is -0.126. The van der Waals surface area contributed by atoms with Crippen molar-refractivity contribution >= 4 is 39.9 Å². The number of halogens is 1. The Morgan fingerprint density at radius 3 is 2.74 bits per heavy atom. The van der Waals surface area contributed by atoms with Gasteiger partial charge in [0, 0.05) is 44.5 Å². The van der Waals surface area contributed by atoms with Crippen molar-refractivity contribution in [2.75, 3.05) is 36.4 Å². The number of piperazine rings is 1. The minimum absolute atomic E-state index is 0.0777. The molecule has 0 unspecified atom stereocenters. The van der Waals surface area contributed by atoms with Gasteiger partial charge < -0.3 is 19.9 Å². The van der Waals surface area contributed by atoms with Crippen molar-refractivity contribution in [2.24, 2.45) is 0 Å². The Morgan fingerprint density at radius 1 is 1.08 bits per heavy atom. The van der Waals surface area contributed by atoms with Crippen LogP contribution >= 0.6 is 0 Å². The summed E-state index contributed by atoms with van der Waals surface area (Å²) in [5, 5.41) is 7.14. The number of carbonyl (C=O) groups excluding carboxylic acids is 1. The van der Waals surface area contributed by atoms with Gasteiger partial charge in [-0.15, -0.1) is 0 Å². The van der Waals surface area contributed by atoms with Gasteiger partial charge in [0.2, 0.25) is 5.91 Å². The average molecular weight is 526 g/mol. The molecule has 0 radical (unpaired) electrons. The van der Waals surface area contributed by atoms with Crippen molar-refractivity contribution in [1.29, 1.82) is 0 Å². The van der Waals surface area contributed by atoms with Gasteiger partial charge in [0.25, 0.3) is 0 Å². The molecule has 5 heterocycles. The van der Waals surface area contributed by atoms with Gasteiger partial charge in [-0.05, 0) is 42.8 Å². The molecule has 11 nitrogen and oxygen atoms in total. The molecule has 1 aliphatic rings. The van der Waals surface area contributed by atoms with E-state index in [0.29, 0.717) is 60.2 Å². The van der Waals surface area contributed by atoms with Crippen molar-refractivity contribution in [2.45, 2.75) is 6.92 Å². The van der Waals surface area contributed by atoms with Crippen LogP contribution in [0, 0.1) is 12.7 Å². The average Bonchev–Trinajstić information content (AvgIpc) is 3.43. The van der Waals surface area contributed by atoms with E-state index in [0.717, 1.165) is 11.4 Å². The van der Waals surface area contributed by atoms with E-state index >= 15 is 4.39 Å². The lowest BCUT2D eigenvalue weighted by atomic mass is 10.2. The summed E-state index contributed by atoms with van der Waals surface area (Å²) in [6, 6.07) is 10.2. The number of nitrogens with one attached hydrogen (secondary N) is 1. The second-order valence-corrected chi connectivity index (χ2v) is 9.03. The summed E-state index contributed by atoms with van der Waals surface area (Å²) in [5.41, 5.74) is 2.71. The molecule has 6 rings (SSSR count). The van der Waals surface area contributed by atoms with Gasteiger partial charge in [0.1, 0.15) is 41.3 Å². The fourth-order valence-electron chi connectivity index (χ4n) is 4.47. The summed E-state index contributed by atoms with van der Waals surface area (Å²) in [6.45, 7) is 7.81. The first-order chi connectivity index (χ1) is 19.0. The number of aryl methyl sites for hydroxylation is 1. The number of benzene rings is 1. The highest BCUT2D eigenvalue weighted by Gasteiger charge is 2.21. The van der Waals surface area contributed by atoms with E-state index in [1.165, 1.54) is 24.8 Å². The zero-order valence-corrected chi connectivity index (χ0v) is 21.1. The summed E-state index contributed by atoms with van der Waals surface area (Å²) in [4.78, 5) is 33.3. The van der Waals surface area contributed by atoms with Crippen LogP contribution in [0.25, 0.3) is 16.7 Å². The molecule has 0 aliphatic carbocycles. The number of hydrogen-bond acceptors (Lipinski definition) is 9. The third kappa shape index (κ3) is 4.79. The Hall–Kier alpha value is -5.13. The van der Waals surface area contributed by atoms with E-state index in [1.54, 1.807) is 33.8 Å². The van der Waals surface area contributed by atoms with Gasteiger partial charge in [-0.3, -0.25) is 4.79 Å². The van der Waals surface area contributed by atoms with Gasteiger partial charge in [0.05, 0.1) is 11.2 Å². The molecule has 1 amide bonds. The first-order valence-corrected chi connectivity index (χ1v) is 12.3. The van der Waals surface area contributed by atoms with Crippen molar-refractivity contribution in [1.82, 2.24) is 34.4 Å². The van der Waals surface area contributed by atoms with Gasteiger partial charge in [-0.1, -0.05) is 6.58 Å². The highest BCUT2D eigenvalue weighted by Crippen LogP contribution is 2.32. The number of anilines is 3. The summed E-state index contributed by atoms with van der Waals surface area (Å²) < 4.78 is 22.8. The maximum Gasteiger partial charge on any atom is 0.246 e. The molecule has 0 bridgehead atoms. The molecule has 1 N–H and O–H groups in total. The standard InChI is InChI=1S/C27H24FN9O2/c1-3-25(38)36-10-8-35(9-11-36)23-5-4-20-26(34-23)27(31-15-29-20)33-21-12-17(2)22(14-19(21)28)39-18-6-7-37-24(13-18)30-16-32-37/h3-7,12-16H,1,8-11H2,2H3,(H,29,31,33). The molecule has 4 aromatic heterocycles. The van der Waals surface area contributed by atoms with E-state index in [2.05, 4.69) is 36.8 Å². The molecule has 12 heteroatoms. The lowest BCUT2D eigenvalue weighted by Crippen LogP contribution is -2.48. The zero-order valence-electron chi connectivity index (χ0n) is 21.1. The molecular formula is C27H24FN9O2. The van der Waals surface area contributed by atoms with E-state index in [1.807, 2.05) is 19.1 Å². The van der Waals surface area contributed by atoms with Crippen LogP contribution in [-0.2, 0) is 4.79 Å². The SMILES string of the molecule is C=CC(=O)N1CCN(c2ccc3ncnc(Nc4cc(C)c(Oc5ccn6ncnc6c5)cc4F)c3n2)CC1. The Morgan fingerprint density at radius 2 is 1.92 bits per heavy atom. The molecule has 196 valence electrons. The van der Waals surface area contributed by atoms with Crippen LogP contribution in [-0.4, -0.2) is 66.5 Å². The number of aromatic nitrogens is 6. The van der Waals surface area contributed by atoms with Crippen LogP contribution in [0.15, 0.2) is 67.9 Å². The largest absolute Gasteiger partial charge is 0.457 e. The molecular weight excluding hydrogens is 501 g/mol. The van der Waals surface area contributed by atoms with Crippen LogP contribution in [0.4, 0.5) is 21.7 Å². The van der Waals surface area contributed by atoms with Gasteiger partial charge in [-0.25, -0.2) is 28.8 Å². The predicted molar refractivity (Wildman–Crippen MR) is 144 cm³/mol. The van der Waals surface area contributed by atoms with Gasteiger partial charge in [0.15, 0.2) is 11.5 Å².